The Labute approximate surface area is 211 Å². The average molecular weight is 535 g/mol. The number of hydrogen-bond donors (Lipinski definition) is 1. The van der Waals surface area contributed by atoms with Crippen molar-refractivity contribution in [1.82, 2.24) is 4.90 Å². The Hall–Kier alpha value is -0.920. The minimum atomic E-state index is -3.92. The summed E-state index contributed by atoms with van der Waals surface area (Å²) in [5.74, 6) is 0.229. The van der Waals surface area contributed by atoms with Crippen LogP contribution in [0.15, 0.2) is 24.3 Å². The summed E-state index contributed by atoms with van der Waals surface area (Å²) in [6, 6.07) is 7.11. The molecule has 0 aromatic heterocycles. The first-order chi connectivity index (χ1) is 16.2. The van der Waals surface area contributed by atoms with Crippen LogP contribution < -0.4 is 4.90 Å². The standard InChI is InChI=1S/C24H44N2O7P2/c1-18(2)30-34(28,31-19(3)4)24(35(29,32-20(5)6)33-21(7)8)17-25-13-15-26(16-14-25)22-9-11-23(27)12-10-22/h9-12,18-21,24,27H,13-17H2,1-8H3. The molecule has 0 bridgehead atoms. The van der Waals surface area contributed by atoms with Gasteiger partial charge in [0.25, 0.3) is 0 Å². The van der Waals surface area contributed by atoms with Gasteiger partial charge in [-0.25, -0.2) is 0 Å². The zero-order valence-corrected chi connectivity index (χ0v) is 24.2. The second-order valence-corrected chi connectivity index (χ2v) is 14.6. The number of anilines is 1. The fourth-order valence-corrected chi connectivity index (χ4v) is 9.88. The highest BCUT2D eigenvalue weighted by Gasteiger charge is 2.53. The molecule has 1 aliphatic rings. The van der Waals surface area contributed by atoms with Crippen LogP contribution in [0.3, 0.4) is 0 Å². The first kappa shape index (κ1) is 30.3. The molecule has 9 nitrogen and oxygen atoms in total. The van der Waals surface area contributed by atoms with Crippen molar-refractivity contribution in [3.8, 4) is 5.75 Å². The van der Waals surface area contributed by atoms with Gasteiger partial charge in [-0.05, 0) is 79.7 Å². The summed E-state index contributed by atoms with van der Waals surface area (Å²) in [5, 5.41) is 8.48. The largest absolute Gasteiger partial charge is 0.508 e. The van der Waals surface area contributed by atoms with E-state index in [-0.39, 0.29) is 12.3 Å². The van der Waals surface area contributed by atoms with Gasteiger partial charge in [0.2, 0.25) is 0 Å². The third-order valence-corrected chi connectivity index (χ3v) is 11.5. The van der Waals surface area contributed by atoms with E-state index in [9.17, 15) is 14.2 Å². The van der Waals surface area contributed by atoms with E-state index in [1.807, 2.05) is 12.1 Å². The van der Waals surface area contributed by atoms with Crippen LogP contribution in [0.2, 0.25) is 0 Å². The lowest BCUT2D eigenvalue weighted by atomic mass is 10.2. The molecule has 0 spiro atoms. The van der Waals surface area contributed by atoms with E-state index in [0.717, 1.165) is 18.8 Å². The van der Waals surface area contributed by atoms with Crippen molar-refractivity contribution in [3.05, 3.63) is 24.3 Å². The summed E-state index contributed by atoms with van der Waals surface area (Å²) >= 11 is 0. The SMILES string of the molecule is CC(C)OP(=O)(OC(C)C)C(CN1CCN(c2ccc(O)cc2)CC1)P(=O)(OC(C)C)OC(C)C. The summed E-state index contributed by atoms with van der Waals surface area (Å²) < 4.78 is 52.2. The van der Waals surface area contributed by atoms with Crippen molar-refractivity contribution in [1.29, 1.82) is 0 Å². The topological polar surface area (TPSA) is 97.8 Å². The molecule has 1 aliphatic heterocycles. The van der Waals surface area contributed by atoms with Gasteiger partial charge in [-0.3, -0.25) is 14.0 Å². The molecule has 0 atom stereocenters. The van der Waals surface area contributed by atoms with Gasteiger partial charge < -0.3 is 28.1 Å². The van der Waals surface area contributed by atoms with Crippen molar-refractivity contribution >= 4 is 20.9 Å². The Bertz CT molecular complexity index is 803. The number of benzene rings is 1. The lowest BCUT2D eigenvalue weighted by Gasteiger charge is -2.41. The molecule has 0 saturated carbocycles. The maximum atomic E-state index is 14.3. The van der Waals surface area contributed by atoms with E-state index < -0.39 is 45.0 Å². The number of phenolic OH excluding ortho intramolecular Hbond substituents is 1. The highest BCUT2D eigenvalue weighted by atomic mass is 31.2. The van der Waals surface area contributed by atoms with E-state index in [1.165, 1.54) is 0 Å². The van der Waals surface area contributed by atoms with Crippen LogP contribution in [-0.4, -0.2) is 72.5 Å². The third kappa shape index (κ3) is 9.15. The Balaban J connectivity index is 2.35. The molecule has 1 heterocycles. The average Bonchev–Trinajstić information content (AvgIpc) is 2.70. The zero-order valence-electron chi connectivity index (χ0n) is 22.4. The van der Waals surface area contributed by atoms with Crippen LogP contribution in [0.5, 0.6) is 5.75 Å². The van der Waals surface area contributed by atoms with Crippen LogP contribution in [-0.2, 0) is 27.2 Å². The number of hydrogen-bond acceptors (Lipinski definition) is 9. The molecule has 1 N–H and O–H groups in total. The molecule has 1 fully saturated rings. The molecule has 35 heavy (non-hydrogen) atoms. The van der Waals surface area contributed by atoms with E-state index in [4.69, 9.17) is 18.1 Å². The van der Waals surface area contributed by atoms with Gasteiger partial charge in [-0.15, -0.1) is 0 Å². The van der Waals surface area contributed by atoms with Gasteiger partial charge in [-0.2, -0.15) is 0 Å². The number of phenols is 1. The second kappa shape index (κ2) is 13.0. The van der Waals surface area contributed by atoms with Gasteiger partial charge in [-0.1, -0.05) is 0 Å². The Morgan fingerprint density at radius 2 is 1.09 bits per heavy atom. The minimum Gasteiger partial charge on any atom is -0.508 e. The van der Waals surface area contributed by atoms with Crippen LogP contribution in [0.4, 0.5) is 5.69 Å². The van der Waals surface area contributed by atoms with Gasteiger partial charge in [0.05, 0.1) is 24.4 Å². The van der Waals surface area contributed by atoms with Crippen molar-refractivity contribution in [2.75, 3.05) is 37.6 Å². The summed E-state index contributed by atoms with van der Waals surface area (Å²) in [6.45, 7) is 17.2. The molecule has 1 saturated heterocycles. The predicted octanol–water partition coefficient (Wildman–Crippen LogP) is 5.93. The third-order valence-electron chi connectivity index (χ3n) is 5.17. The molecule has 0 radical (unpaired) electrons. The van der Waals surface area contributed by atoms with Crippen molar-refractivity contribution < 1.29 is 32.3 Å². The summed E-state index contributed by atoms with van der Waals surface area (Å²) in [7, 11) is -7.83. The molecule has 1 aromatic carbocycles. The maximum Gasteiger partial charge on any atom is 0.347 e. The fourth-order valence-electron chi connectivity index (χ4n) is 3.96. The van der Waals surface area contributed by atoms with Crippen LogP contribution in [0.1, 0.15) is 55.4 Å². The second-order valence-electron chi connectivity index (χ2n) is 9.98. The molecular formula is C24H44N2O7P2. The lowest BCUT2D eigenvalue weighted by molar-refractivity contribution is 0.116. The van der Waals surface area contributed by atoms with E-state index in [2.05, 4.69) is 9.80 Å². The smallest absolute Gasteiger partial charge is 0.347 e. The summed E-state index contributed by atoms with van der Waals surface area (Å²) in [6.07, 6.45) is -1.61. The van der Waals surface area contributed by atoms with Crippen molar-refractivity contribution in [3.63, 3.8) is 0 Å². The zero-order chi connectivity index (χ0) is 26.4. The van der Waals surface area contributed by atoms with E-state index >= 15 is 0 Å². The Kier molecular flexibility index (Phi) is 11.3. The lowest BCUT2D eigenvalue weighted by Crippen LogP contribution is -2.49. The quantitative estimate of drug-likeness (QED) is 0.309. The highest BCUT2D eigenvalue weighted by Crippen LogP contribution is 2.72. The van der Waals surface area contributed by atoms with Crippen LogP contribution in [0, 0.1) is 0 Å². The molecule has 11 heteroatoms. The molecule has 0 aliphatic carbocycles. The number of piperazine rings is 1. The predicted molar refractivity (Wildman–Crippen MR) is 141 cm³/mol. The normalized spacial score (nSPS) is 16.4. The monoisotopic (exact) mass is 534 g/mol. The van der Waals surface area contributed by atoms with Gasteiger partial charge in [0, 0.05) is 38.4 Å². The van der Waals surface area contributed by atoms with Crippen molar-refractivity contribution in [2.45, 2.75) is 85.2 Å². The molecular weight excluding hydrogens is 490 g/mol. The highest BCUT2D eigenvalue weighted by molar-refractivity contribution is 7.72. The van der Waals surface area contributed by atoms with Crippen LogP contribution >= 0.6 is 15.2 Å². The summed E-state index contributed by atoms with van der Waals surface area (Å²) in [5.41, 5.74) is 1.02. The summed E-state index contributed by atoms with van der Waals surface area (Å²) in [4.78, 5) is 4.33. The van der Waals surface area contributed by atoms with E-state index in [0.29, 0.717) is 13.1 Å². The number of rotatable bonds is 13. The molecule has 0 amide bonds. The minimum absolute atomic E-state index is 0.191. The Morgan fingerprint density at radius 1 is 0.714 bits per heavy atom. The molecule has 1 aromatic rings. The molecule has 2 rings (SSSR count). The van der Waals surface area contributed by atoms with Crippen LogP contribution in [0.25, 0.3) is 0 Å². The first-order valence-corrected chi connectivity index (χ1v) is 15.7. The number of nitrogens with zero attached hydrogens (tertiary/aromatic N) is 2. The van der Waals surface area contributed by atoms with Crippen molar-refractivity contribution in [2.24, 2.45) is 0 Å². The Morgan fingerprint density at radius 3 is 1.43 bits per heavy atom. The van der Waals surface area contributed by atoms with E-state index in [1.54, 1.807) is 67.5 Å². The fraction of sp³-hybridized carbons (Fsp3) is 0.750. The van der Waals surface area contributed by atoms with Gasteiger partial charge in [0.1, 0.15) is 5.75 Å². The van der Waals surface area contributed by atoms with Gasteiger partial charge in [0.15, 0.2) is 5.40 Å². The van der Waals surface area contributed by atoms with Gasteiger partial charge >= 0.3 is 15.2 Å². The number of aromatic hydroxyl groups is 1. The maximum absolute atomic E-state index is 14.3. The molecule has 0 unspecified atom stereocenters. The first-order valence-electron chi connectivity index (χ1n) is 12.4. The molecule has 202 valence electrons.